The average molecular weight is 417 g/mol. The number of carbonyl (C=O) groups is 2. The van der Waals surface area contributed by atoms with Crippen molar-refractivity contribution >= 4 is 45.6 Å². The fourth-order valence-corrected chi connectivity index (χ4v) is 4.18. The summed E-state index contributed by atoms with van der Waals surface area (Å²) in [5.41, 5.74) is 2.16. The number of carbonyl (C=O) groups excluding carboxylic acids is 2. The van der Waals surface area contributed by atoms with Crippen LogP contribution in [0.15, 0.2) is 59.6 Å². The predicted octanol–water partition coefficient (Wildman–Crippen LogP) is 4.42. The van der Waals surface area contributed by atoms with Gasteiger partial charge >= 0.3 is 0 Å². The highest BCUT2D eigenvalue weighted by Gasteiger charge is 2.35. The number of nitro groups is 1. The lowest BCUT2D eigenvalue weighted by molar-refractivity contribution is -0.384. The summed E-state index contributed by atoms with van der Waals surface area (Å²) in [5, 5.41) is 11.5. The molecule has 0 radical (unpaired) electrons. The third-order valence-electron chi connectivity index (χ3n) is 4.70. The summed E-state index contributed by atoms with van der Waals surface area (Å²) in [6, 6.07) is 13.6. The molecule has 1 aliphatic heterocycles. The summed E-state index contributed by atoms with van der Waals surface area (Å²) in [6.45, 7) is 0.366. The highest BCUT2D eigenvalue weighted by molar-refractivity contribution is 8.18. The molecule has 0 saturated carbocycles. The molecule has 0 bridgehead atoms. The van der Waals surface area contributed by atoms with Crippen LogP contribution < -0.4 is 0 Å². The zero-order valence-corrected chi connectivity index (χ0v) is 16.5. The Morgan fingerprint density at radius 3 is 2.73 bits per heavy atom. The van der Waals surface area contributed by atoms with Crippen molar-refractivity contribution in [3.05, 3.63) is 80.9 Å². The first-order chi connectivity index (χ1) is 14.5. The van der Waals surface area contributed by atoms with E-state index in [2.05, 4.69) is 5.92 Å². The summed E-state index contributed by atoms with van der Waals surface area (Å²) in [6.07, 6.45) is 9.00. The number of rotatable bonds is 5. The van der Waals surface area contributed by atoms with Crippen molar-refractivity contribution in [2.24, 2.45) is 0 Å². The molecule has 1 saturated heterocycles. The molecule has 0 atom stereocenters. The van der Waals surface area contributed by atoms with Crippen LogP contribution >= 0.6 is 11.8 Å². The van der Waals surface area contributed by atoms with E-state index >= 15 is 0 Å². The van der Waals surface area contributed by atoms with Crippen LogP contribution in [0.3, 0.4) is 0 Å². The van der Waals surface area contributed by atoms with E-state index in [0.29, 0.717) is 17.0 Å². The molecule has 8 heteroatoms. The van der Waals surface area contributed by atoms with Gasteiger partial charge in [-0.2, -0.15) is 0 Å². The van der Waals surface area contributed by atoms with E-state index in [1.165, 1.54) is 18.2 Å². The molecule has 148 valence electrons. The lowest BCUT2D eigenvalue weighted by Gasteiger charge is -2.12. The third-order valence-corrected chi connectivity index (χ3v) is 5.61. The highest BCUT2D eigenvalue weighted by atomic mass is 32.2. The lowest BCUT2D eigenvalue weighted by atomic mass is 10.1. The monoisotopic (exact) mass is 417 g/mol. The number of nitro benzene ring substituents is 1. The van der Waals surface area contributed by atoms with Crippen molar-refractivity contribution in [3.63, 3.8) is 0 Å². The number of benzene rings is 2. The maximum absolute atomic E-state index is 12.9. The van der Waals surface area contributed by atoms with Gasteiger partial charge in [-0.3, -0.25) is 24.6 Å². The first-order valence-electron chi connectivity index (χ1n) is 8.98. The Balaban J connectivity index is 1.64. The number of nitrogens with zero attached hydrogens (tertiary/aromatic N) is 3. The van der Waals surface area contributed by atoms with Gasteiger partial charge in [0.2, 0.25) is 0 Å². The van der Waals surface area contributed by atoms with Gasteiger partial charge in [0.15, 0.2) is 0 Å². The Morgan fingerprint density at radius 2 is 1.97 bits per heavy atom. The molecule has 0 unspecified atom stereocenters. The standard InChI is InChI=1S/C22H15N3O4S/c1-2-10-23-14-16(18-8-3-4-9-19(18)23)12-20-21(26)24(22(27)30-20)13-15-6-5-7-17(11-15)25(28)29/h1,3-9,11-12,14H,10,13H2/b20-12+. The van der Waals surface area contributed by atoms with Crippen LogP contribution in [0.2, 0.25) is 0 Å². The van der Waals surface area contributed by atoms with E-state index in [1.54, 1.807) is 12.1 Å². The number of fused-ring (bicyclic) bond motifs is 1. The molecule has 3 aromatic rings. The van der Waals surface area contributed by atoms with Crippen LogP contribution in [0.5, 0.6) is 0 Å². The van der Waals surface area contributed by atoms with Crippen molar-refractivity contribution in [3.8, 4) is 12.3 Å². The molecule has 30 heavy (non-hydrogen) atoms. The molecule has 0 N–H and O–H groups in total. The highest BCUT2D eigenvalue weighted by Crippen LogP contribution is 2.35. The molecule has 0 spiro atoms. The Bertz CT molecular complexity index is 1270. The molecule has 4 rings (SSSR count). The van der Waals surface area contributed by atoms with Gasteiger partial charge in [-0.1, -0.05) is 36.3 Å². The number of amides is 2. The molecule has 2 amide bonds. The SMILES string of the molecule is C#CCn1cc(/C=C2/SC(=O)N(Cc3cccc([N+](=O)[O-])c3)C2=O)c2ccccc21. The zero-order valence-electron chi connectivity index (χ0n) is 15.6. The molecule has 1 aliphatic rings. The largest absolute Gasteiger partial charge is 0.335 e. The summed E-state index contributed by atoms with van der Waals surface area (Å²) < 4.78 is 1.91. The number of para-hydroxylation sites is 1. The Labute approximate surface area is 176 Å². The number of hydrogen-bond donors (Lipinski definition) is 0. The van der Waals surface area contributed by atoms with Crippen molar-refractivity contribution in [1.82, 2.24) is 9.47 Å². The van der Waals surface area contributed by atoms with Crippen LogP contribution in [0.1, 0.15) is 11.1 Å². The first kappa shape index (κ1) is 19.5. The lowest BCUT2D eigenvalue weighted by Crippen LogP contribution is -2.27. The average Bonchev–Trinajstić information content (AvgIpc) is 3.21. The second-order valence-corrected chi connectivity index (χ2v) is 7.62. The smallest absolute Gasteiger partial charge is 0.293 e. The van der Waals surface area contributed by atoms with Crippen LogP contribution in [0, 0.1) is 22.5 Å². The Hall–Kier alpha value is -3.83. The number of imide groups is 1. The van der Waals surface area contributed by atoms with Gasteiger partial charge in [0.1, 0.15) is 0 Å². The molecule has 1 fully saturated rings. The van der Waals surface area contributed by atoms with E-state index in [1.807, 2.05) is 35.0 Å². The van der Waals surface area contributed by atoms with Crippen LogP contribution in [0.4, 0.5) is 10.5 Å². The number of non-ortho nitro benzene ring substituents is 1. The maximum atomic E-state index is 12.9. The quantitative estimate of drug-likeness (QED) is 0.266. The van der Waals surface area contributed by atoms with Gasteiger partial charge < -0.3 is 4.57 Å². The fourth-order valence-electron chi connectivity index (χ4n) is 3.35. The molecule has 2 heterocycles. The molecule has 1 aromatic heterocycles. The van der Waals surface area contributed by atoms with E-state index in [0.717, 1.165) is 33.1 Å². The first-order valence-corrected chi connectivity index (χ1v) is 9.79. The minimum Gasteiger partial charge on any atom is -0.335 e. The van der Waals surface area contributed by atoms with Crippen molar-refractivity contribution in [1.29, 1.82) is 0 Å². The van der Waals surface area contributed by atoms with Gasteiger partial charge in [0, 0.05) is 34.8 Å². The van der Waals surface area contributed by atoms with Crippen molar-refractivity contribution < 1.29 is 14.5 Å². The number of thioether (sulfide) groups is 1. The number of terminal acetylenes is 1. The van der Waals surface area contributed by atoms with Crippen LogP contribution in [-0.2, 0) is 17.9 Å². The van der Waals surface area contributed by atoms with Gasteiger partial charge in [0.05, 0.1) is 22.9 Å². The van der Waals surface area contributed by atoms with Crippen LogP contribution in [-0.4, -0.2) is 25.5 Å². The van der Waals surface area contributed by atoms with Gasteiger partial charge in [-0.15, -0.1) is 6.42 Å². The van der Waals surface area contributed by atoms with Gasteiger partial charge in [-0.25, -0.2) is 0 Å². The second-order valence-electron chi connectivity index (χ2n) is 6.63. The van der Waals surface area contributed by atoms with Gasteiger partial charge in [0.25, 0.3) is 16.8 Å². The summed E-state index contributed by atoms with van der Waals surface area (Å²) in [4.78, 5) is 37.1. The topological polar surface area (TPSA) is 85.4 Å². The van der Waals surface area contributed by atoms with Crippen LogP contribution in [0.25, 0.3) is 17.0 Å². The van der Waals surface area contributed by atoms with Gasteiger partial charge in [-0.05, 0) is 29.5 Å². The predicted molar refractivity (Wildman–Crippen MR) is 115 cm³/mol. The normalized spacial score (nSPS) is 15.2. The summed E-state index contributed by atoms with van der Waals surface area (Å²) in [7, 11) is 0. The minimum absolute atomic E-state index is 0.0253. The fraction of sp³-hybridized carbons (Fsp3) is 0.0909. The van der Waals surface area contributed by atoms with E-state index in [-0.39, 0.29) is 12.2 Å². The van der Waals surface area contributed by atoms with E-state index in [9.17, 15) is 19.7 Å². The number of hydrogen-bond acceptors (Lipinski definition) is 5. The maximum Gasteiger partial charge on any atom is 0.293 e. The second kappa shape index (κ2) is 7.89. The molecule has 2 aromatic carbocycles. The third kappa shape index (κ3) is 3.58. The Kier molecular flexibility index (Phi) is 5.12. The molecule has 0 aliphatic carbocycles. The van der Waals surface area contributed by atoms with E-state index in [4.69, 9.17) is 6.42 Å². The minimum atomic E-state index is -0.511. The Morgan fingerprint density at radius 1 is 1.17 bits per heavy atom. The van der Waals surface area contributed by atoms with Crippen molar-refractivity contribution in [2.45, 2.75) is 13.1 Å². The number of aromatic nitrogens is 1. The molecular formula is C22H15N3O4S. The van der Waals surface area contributed by atoms with Crippen molar-refractivity contribution in [2.75, 3.05) is 0 Å². The molecule has 7 nitrogen and oxygen atoms in total. The van der Waals surface area contributed by atoms with E-state index < -0.39 is 16.1 Å². The zero-order chi connectivity index (χ0) is 21.3. The molecular weight excluding hydrogens is 402 g/mol. The summed E-state index contributed by atoms with van der Waals surface area (Å²) in [5.74, 6) is 2.18. The summed E-state index contributed by atoms with van der Waals surface area (Å²) >= 11 is 0.853.